The number of rotatable bonds is 4. The number of alkyl halides is 6. The van der Waals surface area contributed by atoms with Crippen LogP contribution >= 0.6 is 0 Å². The first-order valence-electron chi connectivity index (χ1n) is 8.52. The molecule has 3 rings (SSSR count). The van der Waals surface area contributed by atoms with E-state index in [9.17, 15) is 31.1 Å². The minimum atomic E-state index is -4.62. The lowest BCUT2D eigenvalue weighted by molar-refractivity contribution is -0.138. The van der Waals surface area contributed by atoms with E-state index >= 15 is 0 Å². The second-order valence-corrected chi connectivity index (χ2v) is 6.43. The Hall–Kier alpha value is -3.36. The van der Waals surface area contributed by atoms with Crippen LogP contribution < -0.4 is 0 Å². The highest BCUT2D eigenvalue weighted by Gasteiger charge is 2.31. The van der Waals surface area contributed by atoms with Gasteiger partial charge in [-0.1, -0.05) is 30.3 Å². The third kappa shape index (κ3) is 4.79. The standard InChI is InChI=1S/C21H13F6NO2/c22-20(23,24)15-5-1-3-12(9-15)17-8-7-14(11-18(29)30)19(28-17)13-4-2-6-16(10-13)21(25,26)27/h1-10H,11H2,(H,29,30). The van der Waals surface area contributed by atoms with Gasteiger partial charge in [-0.05, 0) is 35.9 Å². The van der Waals surface area contributed by atoms with Gasteiger partial charge in [-0.3, -0.25) is 4.79 Å². The van der Waals surface area contributed by atoms with Gasteiger partial charge < -0.3 is 5.11 Å². The summed E-state index contributed by atoms with van der Waals surface area (Å²) in [7, 11) is 0. The topological polar surface area (TPSA) is 50.2 Å². The molecule has 3 aromatic rings. The maximum Gasteiger partial charge on any atom is 0.416 e. The molecule has 0 aliphatic heterocycles. The Labute approximate surface area is 166 Å². The van der Waals surface area contributed by atoms with Gasteiger partial charge in [0.15, 0.2) is 0 Å². The molecule has 0 fully saturated rings. The fourth-order valence-corrected chi connectivity index (χ4v) is 2.90. The van der Waals surface area contributed by atoms with E-state index in [1.54, 1.807) is 0 Å². The zero-order valence-corrected chi connectivity index (χ0v) is 15.1. The molecule has 0 spiro atoms. The predicted molar refractivity (Wildman–Crippen MR) is 96.5 cm³/mol. The van der Waals surface area contributed by atoms with E-state index in [4.69, 9.17) is 5.11 Å². The van der Waals surface area contributed by atoms with Crippen molar-refractivity contribution in [1.82, 2.24) is 4.98 Å². The van der Waals surface area contributed by atoms with E-state index in [0.29, 0.717) is 0 Å². The second kappa shape index (κ2) is 7.81. The molecule has 3 nitrogen and oxygen atoms in total. The van der Waals surface area contributed by atoms with E-state index < -0.39 is 35.9 Å². The lowest BCUT2D eigenvalue weighted by atomic mass is 9.99. The van der Waals surface area contributed by atoms with Crippen LogP contribution in [0.1, 0.15) is 16.7 Å². The molecule has 1 heterocycles. The average molecular weight is 425 g/mol. The van der Waals surface area contributed by atoms with Crippen molar-refractivity contribution in [3.8, 4) is 22.5 Å². The third-order valence-electron chi connectivity index (χ3n) is 4.27. The van der Waals surface area contributed by atoms with Crippen molar-refractivity contribution in [2.24, 2.45) is 0 Å². The molecule has 0 saturated carbocycles. The van der Waals surface area contributed by atoms with Crippen LogP contribution in [0.4, 0.5) is 26.3 Å². The van der Waals surface area contributed by atoms with Gasteiger partial charge in [0.25, 0.3) is 0 Å². The zero-order chi connectivity index (χ0) is 22.1. The van der Waals surface area contributed by atoms with Gasteiger partial charge in [0, 0.05) is 11.1 Å². The number of carboxylic acids is 1. The first-order chi connectivity index (χ1) is 13.9. The van der Waals surface area contributed by atoms with Crippen LogP contribution in [-0.4, -0.2) is 16.1 Å². The van der Waals surface area contributed by atoms with Crippen LogP contribution in [0.2, 0.25) is 0 Å². The largest absolute Gasteiger partial charge is 0.481 e. The number of halogens is 6. The Morgan fingerprint density at radius 3 is 1.87 bits per heavy atom. The van der Waals surface area contributed by atoms with Crippen LogP contribution in [0.25, 0.3) is 22.5 Å². The Balaban J connectivity index is 2.16. The molecular weight excluding hydrogens is 412 g/mol. The van der Waals surface area contributed by atoms with E-state index in [-0.39, 0.29) is 28.1 Å². The Bertz CT molecular complexity index is 1090. The fraction of sp³-hybridized carbons (Fsp3) is 0.143. The van der Waals surface area contributed by atoms with Crippen LogP contribution in [0, 0.1) is 0 Å². The number of aliphatic carboxylic acids is 1. The molecule has 0 atom stereocenters. The highest BCUT2D eigenvalue weighted by atomic mass is 19.4. The average Bonchev–Trinajstić information content (AvgIpc) is 2.67. The van der Waals surface area contributed by atoms with Crippen molar-refractivity contribution in [3.63, 3.8) is 0 Å². The normalized spacial score (nSPS) is 12.1. The third-order valence-corrected chi connectivity index (χ3v) is 4.27. The van der Waals surface area contributed by atoms with Crippen molar-refractivity contribution < 1.29 is 36.2 Å². The van der Waals surface area contributed by atoms with Gasteiger partial charge in [0.2, 0.25) is 0 Å². The second-order valence-electron chi connectivity index (χ2n) is 6.43. The number of hydrogen-bond acceptors (Lipinski definition) is 2. The van der Waals surface area contributed by atoms with Crippen molar-refractivity contribution in [3.05, 3.63) is 77.4 Å². The van der Waals surface area contributed by atoms with Gasteiger partial charge in [0.1, 0.15) is 0 Å². The molecule has 9 heteroatoms. The van der Waals surface area contributed by atoms with Crippen LogP contribution in [0.3, 0.4) is 0 Å². The summed E-state index contributed by atoms with van der Waals surface area (Å²) in [4.78, 5) is 15.4. The molecule has 1 aromatic heterocycles. The monoisotopic (exact) mass is 425 g/mol. The van der Waals surface area contributed by atoms with Crippen LogP contribution in [-0.2, 0) is 23.6 Å². The minimum Gasteiger partial charge on any atom is -0.481 e. The molecule has 1 N–H and O–H groups in total. The summed E-state index contributed by atoms with van der Waals surface area (Å²) in [5, 5.41) is 9.10. The van der Waals surface area contributed by atoms with Gasteiger partial charge in [0.05, 0.1) is 28.9 Å². The van der Waals surface area contributed by atoms with Crippen molar-refractivity contribution in [1.29, 1.82) is 0 Å². The Kier molecular flexibility index (Phi) is 5.56. The van der Waals surface area contributed by atoms with Gasteiger partial charge in [-0.15, -0.1) is 0 Å². The van der Waals surface area contributed by atoms with E-state index in [1.165, 1.54) is 30.3 Å². The molecule has 30 heavy (non-hydrogen) atoms. The Morgan fingerprint density at radius 1 is 0.800 bits per heavy atom. The predicted octanol–water partition coefficient (Wildman–Crippen LogP) is 6.08. The van der Waals surface area contributed by atoms with Crippen molar-refractivity contribution in [2.45, 2.75) is 18.8 Å². The van der Waals surface area contributed by atoms with Gasteiger partial charge in [-0.25, -0.2) is 4.98 Å². The van der Waals surface area contributed by atoms with Gasteiger partial charge in [-0.2, -0.15) is 26.3 Å². The lowest BCUT2D eigenvalue weighted by Crippen LogP contribution is -2.07. The number of pyridine rings is 1. The first-order valence-corrected chi connectivity index (χ1v) is 8.52. The lowest BCUT2D eigenvalue weighted by Gasteiger charge is -2.13. The van der Waals surface area contributed by atoms with E-state index in [1.807, 2.05) is 0 Å². The molecule has 0 unspecified atom stereocenters. The van der Waals surface area contributed by atoms with Crippen LogP contribution in [0.5, 0.6) is 0 Å². The molecular formula is C21H13F6NO2. The van der Waals surface area contributed by atoms with Crippen molar-refractivity contribution in [2.75, 3.05) is 0 Å². The SMILES string of the molecule is O=C(O)Cc1ccc(-c2cccc(C(F)(F)F)c2)nc1-c1cccc(C(F)(F)F)c1. The summed E-state index contributed by atoms with van der Waals surface area (Å²) in [6, 6.07) is 11.2. The molecule has 0 saturated heterocycles. The Morgan fingerprint density at radius 2 is 1.33 bits per heavy atom. The fourth-order valence-electron chi connectivity index (χ4n) is 2.90. The number of aromatic nitrogens is 1. The maximum atomic E-state index is 13.1. The number of carboxylic acid groups (broad SMARTS) is 1. The zero-order valence-electron chi connectivity index (χ0n) is 15.1. The number of nitrogens with zero attached hydrogens (tertiary/aromatic N) is 1. The highest BCUT2D eigenvalue weighted by molar-refractivity contribution is 5.77. The minimum absolute atomic E-state index is 0.00917. The molecule has 0 amide bonds. The van der Waals surface area contributed by atoms with E-state index in [2.05, 4.69) is 4.98 Å². The summed E-state index contributed by atoms with van der Waals surface area (Å²) in [6.45, 7) is 0. The molecule has 0 bridgehead atoms. The molecule has 2 aromatic carbocycles. The molecule has 0 radical (unpaired) electrons. The number of hydrogen-bond donors (Lipinski definition) is 1. The smallest absolute Gasteiger partial charge is 0.416 e. The summed E-state index contributed by atoms with van der Waals surface area (Å²) >= 11 is 0. The number of carbonyl (C=O) groups is 1. The van der Waals surface area contributed by atoms with Crippen molar-refractivity contribution >= 4 is 5.97 Å². The summed E-state index contributed by atoms with van der Waals surface area (Å²) in [5.74, 6) is -1.23. The van der Waals surface area contributed by atoms with Crippen LogP contribution in [0.15, 0.2) is 60.7 Å². The molecule has 156 valence electrons. The quantitative estimate of drug-likeness (QED) is 0.516. The summed E-state index contributed by atoms with van der Waals surface area (Å²) in [6.07, 6.45) is -9.72. The summed E-state index contributed by atoms with van der Waals surface area (Å²) in [5.41, 5.74) is -1.59. The maximum absolute atomic E-state index is 13.1. The molecule has 0 aliphatic rings. The first kappa shape index (κ1) is 21.4. The molecule has 0 aliphatic carbocycles. The van der Waals surface area contributed by atoms with Gasteiger partial charge >= 0.3 is 18.3 Å². The summed E-state index contributed by atoms with van der Waals surface area (Å²) < 4.78 is 78.2. The number of benzene rings is 2. The van der Waals surface area contributed by atoms with E-state index in [0.717, 1.165) is 30.3 Å². The highest BCUT2D eigenvalue weighted by Crippen LogP contribution is 2.35.